The molecule has 0 aromatic carbocycles. The van der Waals surface area contributed by atoms with Crippen molar-refractivity contribution in [2.45, 2.75) is 70.3 Å². The number of aromatic amines is 1. The Kier molecular flexibility index (Phi) is 4.56. The monoisotopic (exact) mass is 451 g/mol. The van der Waals surface area contributed by atoms with E-state index in [1.165, 1.54) is 4.52 Å². The number of carbonyl (C=O) groups excluding carboxylic acids is 1. The Morgan fingerprint density at radius 1 is 1.29 bits per heavy atom. The summed E-state index contributed by atoms with van der Waals surface area (Å²) in [6.45, 7) is 8.97. The minimum absolute atomic E-state index is 0.0757. The van der Waals surface area contributed by atoms with Crippen molar-refractivity contribution in [1.29, 1.82) is 0 Å². The van der Waals surface area contributed by atoms with Crippen LogP contribution in [0.15, 0.2) is 9.53 Å². The van der Waals surface area contributed by atoms with Crippen molar-refractivity contribution in [3.05, 3.63) is 26.3 Å². The predicted octanol–water partition coefficient (Wildman–Crippen LogP) is 3.35. The predicted molar refractivity (Wildman–Crippen MR) is 108 cm³/mol. The molecule has 4 rings (SSSR count). The Hall–Kier alpha value is -1.90. The van der Waals surface area contributed by atoms with Gasteiger partial charge in [0.05, 0.1) is 5.69 Å². The second kappa shape index (κ2) is 6.57. The summed E-state index contributed by atoms with van der Waals surface area (Å²) in [7, 11) is 0. The van der Waals surface area contributed by atoms with Crippen LogP contribution in [0.4, 0.5) is 4.79 Å². The van der Waals surface area contributed by atoms with Gasteiger partial charge in [0, 0.05) is 24.1 Å². The fraction of sp³-hybridized carbons (Fsp3) is 0.684. The smallest absolute Gasteiger partial charge is 0.410 e. The normalized spacial score (nSPS) is 25.2. The van der Waals surface area contributed by atoms with E-state index in [2.05, 4.69) is 37.9 Å². The van der Waals surface area contributed by atoms with Gasteiger partial charge in [0.2, 0.25) is 0 Å². The number of halogens is 1. The molecule has 8 nitrogen and oxygen atoms in total. The molecule has 152 valence electrons. The fourth-order valence-electron chi connectivity index (χ4n) is 4.70. The highest BCUT2D eigenvalue weighted by Crippen LogP contribution is 2.49. The van der Waals surface area contributed by atoms with E-state index in [1.54, 1.807) is 4.90 Å². The van der Waals surface area contributed by atoms with E-state index in [9.17, 15) is 9.59 Å². The number of hydrogen-bond acceptors (Lipinski definition) is 5. The molecule has 1 aliphatic heterocycles. The number of amides is 1. The first kappa shape index (κ1) is 19.4. The Bertz CT molecular complexity index is 992. The summed E-state index contributed by atoms with van der Waals surface area (Å²) >= 11 is 3.29. The zero-order valence-electron chi connectivity index (χ0n) is 16.7. The maximum Gasteiger partial charge on any atom is 0.410 e. The minimum Gasteiger partial charge on any atom is -0.444 e. The van der Waals surface area contributed by atoms with Gasteiger partial charge in [-0.15, -0.1) is 0 Å². The van der Waals surface area contributed by atoms with Crippen LogP contribution >= 0.6 is 15.9 Å². The molecule has 1 fully saturated rings. The highest BCUT2D eigenvalue weighted by molar-refractivity contribution is 9.10. The molecule has 28 heavy (non-hydrogen) atoms. The molecule has 3 heterocycles. The third-order valence-electron chi connectivity index (χ3n) is 5.79. The first-order valence-corrected chi connectivity index (χ1v) is 10.6. The quantitative estimate of drug-likeness (QED) is 0.662. The molecular formula is C19H26BrN5O3. The van der Waals surface area contributed by atoms with Crippen LogP contribution in [0.1, 0.15) is 70.6 Å². The van der Waals surface area contributed by atoms with Crippen molar-refractivity contribution in [3.8, 4) is 0 Å². The largest absolute Gasteiger partial charge is 0.444 e. The van der Waals surface area contributed by atoms with E-state index in [0.717, 1.165) is 36.9 Å². The molecule has 2 aromatic heterocycles. The first-order chi connectivity index (χ1) is 13.1. The third-order valence-corrected chi connectivity index (χ3v) is 6.14. The van der Waals surface area contributed by atoms with Crippen molar-refractivity contribution in [3.63, 3.8) is 0 Å². The van der Waals surface area contributed by atoms with Crippen molar-refractivity contribution in [1.82, 2.24) is 24.5 Å². The average Bonchev–Trinajstić information content (AvgIpc) is 2.98. The molecule has 2 aromatic rings. The van der Waals surface area contributed by atoms with Gasteiger partial charge >= 0.3 is 6.09 Å². The van der Waals surface area contributed by atoms with Crippen molar-refractivity contribution < 1.29 is 9.53 Å². The van der Waals surface area contributed by atoms with Crippen LogP contribution in [0.3, 0.4) is 0 Å². The highest BCUT2D eigenvalue weighted by Gasteiger charge is 2.47. The van der Waals surface area contributed by atoms with Gasteiger partial charge in [0.15, 0.2) is 4.73 Å². The van der Waals surface area contributed by atoms with E-state index in [4.69, 9.17) is 4.74 Å². The van der Waals surface area contributed by atoms with Gasteiger partial charge < -0.3 is 9.64 Å². The van der Waals surface area contributed by atoms with Crippen LogP contribution < -0.4 is 5.56 Å². The van der Waals surface area contributed by atoms with Crippen LogP contribution in [0.5, 0.6) is 0 Å². The summed E-state index contributed by atoms with van der Waals surface area (Å²) in [6.07, 6.45) is 3.03. The molecule has 0 bridgehead atoms. The molecule has 1 spiro atoms. The molecule has 1 N–H and O–H groups in total. The molecular weight excluding hydrogens is 426 g/mol. The van der Waals surface area contributed by atoms with E-state index < -0.39 is 5.60 Å². The lowest BCUT2D eigenvalue weighted by molar-refractivity contribution is 0.0254. The lowest BCUT2D eigenvalue weighted by atomic mass is 9.75. The maximum absolute atomic E-state index is 13.3. The molecule has 2 unspecified atom stereocenters. The summed E-state index contributed by atoms with van der Waals surface area (Å²) in [5.41, 5.74) is 0.800. The van der Waals surface area contributed by atoms with Crippen LogP contribution in [0.2, 0.25) is 0 Å². The topological polar surface area (TPSA) is 92.6 Å². The van der Waals surface area contributed by atoms with Gasteiger partial charge in [0.1, 0.15) is 5.60 Å². The molecule has 0 saturated carbocycles. The average molecular weight is 452 g/mol. The first-order valence-electron chi connectivity index (χ1n) is 9.76. The van der Waals surface area contributed by atoms with Gasteiger partial charge in [-0.1, -0.05) is 6.92 Å². The Morgan fingerprint density at radius 3 is 2.75 bits per heavy atom. The number of ether oxygens (including phenoxy) is 1. The van der Waals surface area contributed by atoms with Crippen LogP contribution in [0, 0.1) is 0 Å². The molecule has 0 radical (unpaired) electrons. The van der Waals surface area contributed by atoms with Crippen molar-refractivity contribution in [2.75, 3.05) is 13.1 Å². The number of carbonyl (C=O) groups is 1. The fourth-order valence-corrected chi connectivity index (χ4v) is 5.04. The summed E-state index contributed by atoms with van der Waals surface area (Å²) in [6, 6.07) is 0. The number of rotatable bonds is 0. The molecule has 1 aliphatic carbocycles. The second-order valence-corrected chi connectivity index (χ2v) is 9.78. The van der Waals surface area contributed by atoms with E-state index in [0.29, 0.717) is 23.6 Å². The van der Waals surface area contributed by atoms with E-state index in [1.807, 2.05) is 20.8 Å². The van der Waals surface area contributed by atoms with E-state index in [-0.39, 0.29) is 23.0 Å². The lowest BCUT2D eigenvalue weighted by Crippen LogP contribution is -2.38. The van der Waals surface area contributed by atoms with Gasteiger partial charge in [-0.3, -0.25) is 9.89 Å². The van der Waals surface area contributed by atoms with Crippen LogP contribution in [-0.4, -0.2) is 49.3 Å². The highest BCUT2D eigenvalue weighted by atomic mass is 79.9. The standard InChI is InChI=1S/C19H26BrN5O3/c1-11-10-19(6-5-8-24(9-7-19)17(27)28-18(2,3)4)12-13(11)21-16-22-15(20)23-25(16)14(12)26/h11H,5-10H2,1-4H3,(H,21,22,23). The number of hydrogen-bond donors (Lipinski definition) is 1. The summed E-state index contributed by atoms with van der Waals surface area (Å²) < 4.78 is 7.45. The van der Waals surface area contributed by atoms with Gasteiger partial charge in [-0.25, -0.2) is 9.78 Å². The lowest BCUT2D eigenvalue weighted by Gasteiger charge is -2.29. The van der Waals surface area contributed by atoms with Crippen molar-refractivity contribution in [2.24, 2.45) is 0 Å². The molecule has 1 saturated heterocycles. The van der Waals surface area contributed by atoms with Gasteiger partial charge in [-0.05, 0) is 68.3 Å². The second-order valence-electron chi connectivity index (χ2n) is 9.03. The zero-order valence-corrected chi connectivity index (χ0v) is 18.3. The Morgan fingerprint density at radius 2 is 2.04 bits per heavy atom. The van der Waals surface area contributed by atoms with Gasteiger partial charge in [-0.2, -0.15) is 9.50 Å². The summed E-state index contributed by atoms with van der Waals surface area (Å²) in [4.78, 5) is 36.5. The van der Waals surface area contributed by atoms with Crippen LogP contribution in [0.25, 0.3) is 5.78 Å². The SMILES string of the molecule is CC1CC2(CCCN(C(=O)OC(C)(C)C)CC2)c2c1nc1nc(Br)[nH]n1c2=O. The summed E-state index contributed by atoms with van der Waals surface area (Å²) in [5, 5.41) is 2.92. The zero-order chi connectivity index (χ0) is 20.3. The molecule has 2 aliphatic rings. The molecule has 1 amide bonds. The Balaban J connectivity index is 1.68. The third kappa shape index (κ3) is 3.23. The molecule has 9 heteroatoms. The molecule has 2 atom stereocenters. The van der Waals surface area contributed by atoms with Crippen molar-refractivity contribution >= 4 is 27.8 Å². The Labute approximate surface area is 171 Å². The number of aromatic nitrogens is 4. The number of likely N-dealkylation sites (tertiary alicyclic amines) is 1. The number of H-pyrrole nitrogens is 1. The van der Waals surface area contributed by atoms with E-state index >= 15 is 0 Å². The maximum atomic E-state index is 13.3. The number of fused-ring (bicyclic) bond motifs is 3. The number of nitrogens with zero attached hydrogens (tertiary/aromatic N) is 4. The summed E-state index contributed by atoms with van der Waals surface area (Å²) in [5.74, 6) is 0.583. The minimum atomic E-state index is -0.516. The number of nitrogens with one attached hydrogen (secondary N) is 1. The van der Waals surface area contributed by atoms with Gasteiger partial charge in [0.25, 0.3) is 11.3 Å². The van der Waals surface area contributed by atoms with Crippen LogP contribution in [-0.2, 0) is 10.2 Å².